The molecule has 2 rings (SSSR count). The predicted octanol–water partition coefficient (Wildman–Crippen LogP) is 2.30. The molecule has 0 spiro atoms. The average molecular weight is 305 g/mol. The number of benzene rings is 1. The molecule has 116 valence electrons. The Morgan fingerprint density at radius 3 is 2.73 bits per heavy atom. The Morgan fingerprint density at radius 2 is 2.14 bits per heavy atom. The van der Waals surface area contributed by atoms with Gasteiger partial charge < -0.3 is 14.7 Å². The third kappa shape index (κ3) is 3.91. The minimum absolute atomic E-state index is 0.167. The molecular weight excluding hydrogens is 289 g/mol. The highest BCUT2D eigenvalue weighted by molar-refractivity contribution is 5.99. The summed E-state index contributed by atoms with van der Waals surface area (Å²) >= 11 is 0. The zero-order chi connectivity index (χ0) is 16.1. The molecule has 0 aliphatic carbocycles. The van der Waals surface area contributed by atoms with Crippen LogP contribution in [0.15, 0.2) is 41.1 Å². The second kappa shape index (κ2) is 6.84. The lowest BCUT2D eigenvalue weighted by atomic mass is 10.1. The lowest BCUT2D eigenvalue weighted by Crippen LogP contribution is -2.42. The normalized spacial score (nSPS) is 10.5. The Kier molecular flexibility index (Phi) is 4.88. The highest BCUT2D eigenvalue weighted by Gasteiger charge is 2.22. The molecule has 1 N–H and O–H groups in total. The van der Waals surface area contributed by atoms with E-state index in [-0.39, 0.29) is 24.0 Å². The first kappa shape index (κ1) is 15.7. The minimum atomic E-state index is -0.499. The molecule has 22 heavy (non-hydrogen) atoms. The van der Waals surface area contributed by atoms with E-state index in [0.29, 0.717) is 0 Å². The first-order valence-electron chi connectivity index (χ1n) is 6.74. The highest BCUT2D eigenvalue weighted by Crippen LogP contribution is 2.11. The van der Waals surface area contributed by atoms with Gasteiger partial charge in [0.1, 0.15) is 18.6 Å². The van der Waals surface area contributed by atoms with Crippen LogP contribution >= 0.6 is 0 Å². The van der Waals surface area contributed by atoms with Crippen molar-refractivity contribution >= 4 is 17.6 Å². The van der Waals surface area contributed by atoms with Crippen LogP contribution in [0.3, 0.4) is 0 Å². The van der Waals surface area contributed by atoms with Gasteiger partial charge in [-0.15, -0.1) is 0 Å². The van der Waals surface area contributed by atoms with Crippen molar-refractivity contribution in [2.75, 3.05) is 11.9 Å². The Bertz CT molecular complexity index is 656. The number of carbonyl (C=O) groups excluding carboxylic acids is 2. The molecule has 0 radical (unpaired) electrons. The molecule has 1 aromatic carbocycles. The maximum absolute atomic E-state index is 13.2. The zero-order valence-electron chi connectivity index (χ0n) is 12.2. The van der Waals surface area contributed by atoms with Crippen molar-refractivity contribution in [2.24, 2.45) is 0 Å². The fourth-order valence-electron chi connectivity index (χ4n) is 1.89. The van der Waals surface area contributed by atoms with Gasteiger partial charge in [0.05, 0.1) is 0 Å². The van der Waals surface area contributed by atoms with Gasteiger partial charge in [-0.2, -0.15) is 0 Å². The van der Waals surface area contributed by atoms with Gasteiger partial charge in [-0.1, -0.05) is 11.2 Å². The minimum Gasteiger partial charge on any atom is -0.363 e. The second-order valence-corrected chi connectivity index (χ2v) is 4.97. The molecule has 2 aromatic rings. The summed E-state index contributed by atoms with van der Waals surface area (Å²) in [5.41, 5.74) is 0.197. The first-order chi connectivity index (χ1) is 10.5. The Hall–Kier alpha value is -2.70. The Morgan fingerprint density at radius 1 is 1.36 bits per heavy atom. The quantitative estimate of drug-likeness (QED) is 0.919. The molecule has 0 atom stereocenters. The fourth-order valence-corrected chi connectivity index (χ4v) is 1.89. The summed E-state index contributed by atoms with van der Waals surface area (Å²) in [5, 5.41) is 6.08. The summed E-state index contributed by atoms with van der Waals surface area (Å²) in [4.78, 5) is 25.7. The summed E-state index contributed by atoms with van der Waals surface area (Å²) in [6, 6.07) is 6.64. The van der Waals surface area contributed by atoms with Crippen molar-refractivity contribution < 1.29 is 18.5 Å². The van der Waals surface area contributed by atoms with Gasteiger partial charge in [0.15, 0.2) is 5.82 Å². The molecule has 0 saturated heterocycles. The SMILES string of the molecule is CC(C)N(CC(=O)Nc1ccon1)C(=O)c1cccc(F)c1. The van der Waals surface area contributed by atoms with E-state index < -0.39 is 17.6 Å². The van der Waals surface area contributed by atoms with E-state index in [1.54, 1.807) is 13.8 Å². The van der Waals surface area contributed by atoms with Crippen LogP contribution in [0.2, 0.25) is 0 Å². The molecule has 1 aromatic heterocycles. The molecule has 0 unspecified atom stereocenters. The van der Waals surface area contributed by atoms with Gasteiger partial charge in [-0.05, 0) is 32.0 Å². The van der Waals surface area contributed by atoms with Crippen molar-refractivity contribution in [1.82, 2.24) is 10.1 Å². The van der Waals surface area contributed by atoms with E-state index in [0.717, 1.165) is 6.07 Å². The van der Waals surface area contributed by atoms with Gasteiger partial charge in [0, 0.05) is 17.7 Å². The van der Waals surface area contributed by atoms with E-state index >= 15 is 0 Å². The molecule has 2 amide bonds. The van der Waals surface area contributed by atoms with E-state index in [1.807, 2.05) is 0 Å². The first-order valence-corrected chi connectivity index (χ1v) is 6.74. The van der Waals surface area contributed by atoms with Gasteiger partial charge in [0.2, 0.25) is 5.91 Å². The monoisotopic (exact) mass is 305 g/mol. The summed E-state index contributed by atoms with van der Waals surface area (Å²) in [6.07, 6.45) is 1.33. The van der Waals surface area contributed by atoms with Crippen molar-refractivity contribution in [3.63, 3.8) is 0 Å². The lowest BCUT2D eigenvalue weighted by molar-refractivity contribution is -0.117. The summed E-state index contributed by atoms with van der Waals surface area (Å²) in [5.74, 6) is -1.05. The number of halogens is 1. The summed E-state index contributed by atoms with van der Waals surface area (Å²) in [7, 11) is 0. The topological polar surface area (TPSA) is 75.4 Å². The molecule has 0 fully saturated rings. The van der Waals surface area contributed by atoms with Gasteiger partial charge in [-0.3, -0.25) is 9.59 Å². The van der Waals surface area contributed by atoms with E-state index in [1.165, 1.54) is 35.4 Å². The molecular formula is C15H16FN3O3. The largest absolute Gasteiger partial charge is 0.363 e. The maximum atomic E-state index is 13.2. The average Bonchev–Trinajstić information content (AvgIpc) is 2.96. The lowest BCUT2D eigenvalue weighted by Gasteiger charge is -2.26. The number of nitrogens with zero attached hydrogens (tertiary/aromatic N) is 2. The molecule has 0 aliphatic heterocycles. The van der Waals surface area contributed by atoms with Crippen LogP contribution in [0.4, 0.5) is 10.2 Å². The highest BCUT2D eigenvalue weighted by atomic mass is 19.1. The number of carbonyl (C=O) groups is 2. The molecule has 6 nitrogen and oxygen atoms in total. The van der Waals surface area contributed by atoms with Gasteiger partial charge in [0.25, 0.3) is 5.91 Å². The van der Waals surface area contributed by atoms with Crippen molar-refractivity contribution in [2.45, 2.75) is 19.9 Å². The molecule has 1 heterocycles. The third-order valence-corrected chi connectivity index (χ3v) is 2.98. The number of nitrogens with one attached hydrogen (secondary N) is 1. The summed E-state index contributed by atoms with van der Waals surface area (Å²) < 4.78 is 17.8. The number of aromatic nitrogens is 1. The number of hydrogen-bond donors (Lipinski definition) is 1. The Labute approximate surface area is 126 Å². The zero-order valence-corrected chi connectivity index (χ0v) is 12.2. The van der Waals surface area contributed by atoms with E-state index in [4.69, 9.17) is 0 Å². The van der Waals surface area contributed by atoms with Crippen LogP contribution in [0.1, 0.15) is 24.2 Å². The van der Waals surface area contributed by atoms with Gasteiger partial charge >= 0.3 is 0 Å². The van der Waals surface area contributed by atoms with Crippen LogP contribution < -0.4 is 5.32 Å². The number of amides is 2. The smallest absolute Gasteiger partial charge is 0.254 e. The van der Waals surface area contributed by atoms with Crippen LogP contribution in [0, 0.1) is 5.82 Å². The molecule has 0 saturated carbocycles. The van der Waals surface area contributed by atoms with E-state index in [9.17, 15) is 14.0 Å². The van der Waals surface area contributed by atoms with Crippen LogP contribution in [-0.2, 0) is 4.79 Å². The second-order valence-electron chi connectivity index (χ2n) is 4.97. The predicted molar refractivity (Wildman–Crippen MR) is 77.7 cm³/mol. The number of rotatable bonds is 5. The molecule has 0 aliphatic rings. The molecule has 0 bridgehead atoms. The van der Waals surface area contributed by atoms with E-state index in [2.05, 4.69) is 15.0 Å². The molecule has 7 heteroatoms. The summed E-state index contributed by atoms with van der Waals surface area (Å²) in [6.45, 7) is 3.39. The standard InChI is InChI=1S/C15H16FN3O3/c1-10(2)19(9-14(20)17-13-6-7-22-18-13)15(21)11-4-3-5-12(16)8-11/h3-8,10H,9H2,1-2H3,(H,17,18,20). The third-order valence-electron chi connectivity index (χ3n) is 2.98. The fraction of sp³-hybridized carbons (Fsp3) is 0.267. The van der Waals surface area contributed by atoms with Crippen molar-refractivity contribution in [3.05, 3.63) is 48.0 Å². The van der Waals surface area contributed by atoms with Crippen LogP contribution in [0.5, 0.6) is 0 Å². The van der Waals surface area contributed by atoms with Crippen LogP contribution in [0.25, 0.3) is 0 Å². The van der Waals surface area contributed by atoms with Crippen LogP contribution in [-0.4, -0.2) is 34.5 Å². The number of anilines is 1. The maximum Gasteiger partial charge on any atom is 0.254 e. The Balaban J connectivity index is 2.09. The van der Waals surface area contributed by atoms with Gasteiger partial charge in [-0.25, -0.2) is 4.39 Å². The van der Waals surface area contributed by atoms with Crippen molar-refractivity contribution in [1.29, 1.82) is 0 Å². The van der Waals surface area contributed by atoms with Crippen molar-refractivity contribution in [3.8, 4) is 0 Å². The number of hydrogen-bond acceptors (Lipinski definition) is 4.